The van der Waals surface area contributed by atoms with E-state index in [0.29, 0.717) is 41.2 Å². The third-order valence-electron chi connectivity index (χ3n) is 7.85. The molecular weight excluding hydrogens is 568 g/mol. The van der Waals surface area contributed by atoms with Gasteiger partial charge in [0, 0.05) is 22.3 Å². The van der Waals surface area contributed by atoms with Gasteiger partial charge in [-0.05, 0) is 48.2 Å². The minimum atomic E-state index is -1.43. The largest absolute Gasteiger partial charge is 0.490 e. The van der Waals surface area contributed by atoms with Gasteiger partial charge in [0.05, 0.1) is 14.7 Å². The van der Waals surface area contributed by atoms with Crippen LogP contribution in [0.1, 0.15) is 44.7 Å². The first kappa shape index (κ1) is 33.0. The number of carbonyl (C=O) groups is 2. The Morgan fingerprint density at radius 3 is 1.70 bits per heavy atom. The van der Waals surface area contributed by atoms with Crippen molar-refractivity contribution in [3.8, 4) is 28.0 Å². The lowest BCUT2D eigenvalue weighted by Gasteiger charge is -2.23. The van der Waals surface area contributed by atoms with E-state index in [9.17, 15) is 9.59 Å². The lowest BCUT2D eigenvalue weighted by atomic mass is 9.96. The number of rotatable bonds is 15. The molecule has 0 spiro atoms. The maximum Gasteiger partial charge on any atom is 0.333 e. The van der Waals surface area contributed by atoms with Crippen molar-refractivity contribution in [1.29, 1.82) is 0 Å². The molecule has 0 bridgehead atoms. The topological polar surface area (TPSA) is 74.4 Å². The number of carbonyl (C=O) groups excluding carboxylic acids is 2. The zero-order chi connectivity index (χ0) is 31.9. The Kier molecular flexibility index (Phi) is 11.0. The Morgan fingerprint density at radius 2 is 1.27 bits per heavy atom. The van der Waals surface area contributed by atoms with Gasteiger partial charge in [0.2, 0.25) is 0 Å². The van der Waals surface area contributed by atoms with E-state index in [1.807, 2.05) is 12.1 Å². The molecule has 3 aromatic carbocycles. The van der Waals surface area contributed by atoms with Crippen molar-refractivity contribution in [2.75, 3.05) is 13.2 Å². The fraction of sp³-hybridized carbons (Fsp3) is 0.351. The summed E-state index contributed by atoms with van der Waals surface area (Å²) in [6.45, 7) is 18.6. The fourth-order valence-electron chi connectivity index (χ4n) is 4.93. The highest BCUT2D eigenvalue weighted by atomic mass is 28.3. The monoisotopic (exact) mass is 612 g/mol. The van der Waals surface area contributed by atoms with E-state index in [4.69, 9.17) is 18.9 Å². The molecule has 0 N–H and O–H groups in total. The third-order valence-corrected chi connectivity index (χ3v) is 11.3. The molecule has 0 saturated carbocycles. The summed E-state index contributed by atoms with van der Waals surface area (Å²) >= 11 is 0. The Labute approximate surface area is 262 Å². The molecule has 1 aliphatic rings. The molecule has 1 aliphatic heterocycles. The van der Waals surface area contributed by atoms with Crippen molar-refractivity contribution in [3.05, 3.63) is 96.1 Å². The predicted octanol–water partition coefficient (Wildman–Crippen LogP) is 7.75. The highest BCUT2D eigenvalue weighted by Gasteiger charge is 2.26. The van der Waals surface area contributed by atoms with Crippen LogP contribution in [0.15, 0.2) is 85.0 Å². The number of unbranched alkanes of at least 4 members (excludes halogenated alkanes) is 1. The van der Waals surface area contributed by atoms with Gasteiger partial charge in [0.25, 0.3) is 0 Å². The number of ether oxygens (including phenoxy) is 4. The lowest BCUT2D eigenvalue weighted by molar-refractivity contribution is -0.140. The molecule has 44 heavy (non-hydrogen) atoms. The van der Waals surface area contributed by atoms with Gasteiger partial charge in [-0.3, -0.25) is 0 Å². The SMILES string of the molecule is C=C(C)C(=O)OCc1cc(-c2ccc(-c3ccc([Si](C)(C)CCCC)cc3)cc2)cc(COC(=O)C(=C)C)c1OCC1CO1. The number of benzene rings is 3. The van der Waals surface area contributed by atoms with Crippen LogP contribution in [0.3, 0.4) is 0 Å². The van der Waals surface area contributed by atoms with Gasteiger partial charge in [-0.2, -0.15) is 0 Å². The molecule has 1 unspecified atom stereocenters. The average Bonchev–Trinajstić information content (AvgIpc) is 3.85. The fourth-order valence-corrected chi connectivity index (χ4v) is 7.52. The molecule has 7 heteroatoms. The molecule has 6 nitrogen and oxygen atoms in total. The molecule has 1 fully saturated rings. The molecule has 1 saturated heterocycles. The summed E-state index contributed by atoms with van der Waals surface area (Å²) in [6, 6.07) is 22.6. The molecule has 0 aliphatic carbocycles. The summed E-state index contributed by atoms with van der Waals surface area (Å²) in [5.41, 5.74) is 6.09. The van der Waals surface area contributed by atoms with Crippen molar-refractivity contribution < 1.29 is 28.5 Å². The van der Waals surface area contributed by atoms with Crippen LogP contribution in [0.2, 0.25) is 19.1 Å². The molecule has 3 aromatic rings. The number of epoxide rings is 1. The average molecular weight is 613 g/mol. The Balaban J connectivity index is 1.65. The minimum Gasteiger partial charge on any atom is -0.490 e. The van der Waals surface area contributed by atoms with Crippen LogP contribution >= 0.6 is 0 Å². The van der Waals surface area contributed by atoms with Gasteiger partial charge in [-0.25, -0.2) is 9.59 Å². The zero-order valence-electron chi connectivity index (χ0n) is 26.7. The van der Waals surface area contributed by atoms with Gasteiger partial charge in [-0.15, -0.1) is 0 Å². The van der Waals surface area contributed by atoms with E-state index in [1.54, 1.807) is 13.8 Å². The van der Waals surface area contributed by atoms with Crippen LogP contribution in [0.4, 0.5) is 0 Å². The Hall–Kier alpha value is -3.94. The second kappa shape index (κ2) is 14.7. The molecule has 1 atom stereocenters. The molecule has 0 aromatic heterocycles. The van der Waals surface area contributed by atoms with Crippen LogP contribution in [-0.4, -0.2) is 39.3 Å². The summed E-state index contributed by atoms with van der Waals surface area (Å²) in [7, 11) is -1.43. The number of esters is 2. The van der Waals surface area contributed by atoms with Gasteiger partial charge in [-0.1, -0.05) is 106 Å². The molecule has 4 rings (SSSR count). The van der Waals surface area contributed by atoms with Crippen LogP contribution < -0.4 is 9.92 Å². The van der Waals surface area contributed by atoms with E-state index in [0.717, 1.165) is 16.7 Å². The first-order valence-electron chi connectivity index (χ1n) is 15.2. The predicted molar refractivity (Wildman–Crippen MR) is 179 cm³/mol. The maximum atomic E-state index is 12.3. The Bertz CT molecular complexity index is 1450. The van der Waals surface area contributed by atoms with Crippen LogP contribution in [-0.2, 0) is 37.0 Å². The first-order chi connectivity index (χ1) is 21.0. The lowest BCUT2D eigenvalue weighted by Crippen LogP contribution is -2.40. The second-order valence-corrected chi connectivity index (χ2v) is 17.1. The summed E-state index contributed by atoms with van der Waals surface area (Å²) in [5, 5.41) is 1.49. The van der Waals surface area contributed by atoms with Crippen LogP contribution in [0.25, 0.3) is 22.3 Å². The summed E-state index contributed by atoms with van der Waals surface area (Å²) < 4.78 is 22.5. The third kappa shape index (κ3) is 8.80. The first-order valence-corrected chi connectivity index (χ1v) is 18.5. The van der Waals surface area contributed by atoms with Crippen molar-refractivity contribution in [2.45, 2.75) is 72.1 Å². The van der Waals surface area contributed by atoms with Gasteiger partial charge < -0.3 is 18.9 Å². The van der Waals surface area contributed by atoms with E-state index >= 15 is 0 Å². The standard InChI is InChI=1S/C37H44O6Si/c1-8-9-18-44(6,7)34-16-14-28(15-17-34)27-10-12-29(13-11-27)30-19-31(21-42-36(38)25(2)3)35(41-24-33-23-40-33)32(20-30)22-43-37(39)26(4)5/h10-17,19-20,33H,2,4,8-9,18,21-24H2,1,3,5-7H3. The molecule has 1 heterocycles. The smallest absolute Gasteiger partial charge is 0.333 e. The molecule has 0 radical (unpaired) electrons. The second-order valence-electron chi connectivity index (χ2n) is 12.2. The van der Waals surface area contributed by atoms with Gasteiger partial charge in [0.1, 0.15) is 31.7 Å². The maximum absolute atomic E-state index is 12.3. The van der Waals surface area contributed by atoms with Crippen molar-refractivity contribution in [2.24, 2.45) is 0 Å². The normalized spacial score (nSPS) is 14.1. The highest BCUT2D eigenvalue weighted by molar-refractivity contribution is 6.89. The summed E-state index contributed by atoms with van der Waals surface area (Å²) in [5.74, 6) is -0.474. The van der Waals surface area contributed by atoms with Crippen molar-refractivity contribution in [3.63, 3.8) is 0 Å². The molecular formula is C37H44O6Si. The van der Waals surface area contributed by atoms with E-state index in [-0.39, 0.29) is 19.3 Å². The van der Waals surface area contributed by atoms with Crippen LogP contribution in [0.5, 0.6) is 5.75 Å². The zero-order valence-corrected chi connectivity index (χ0v) is 27.7. The van der Waals surface area contributed by atoms with Crippen LogP contribution in [0, 0.1) is 0 Å². The molecule has 0 amide bonds. The molecule has 232 valence electrons. The van der Waals surface area contributed by atoms with E-state index < -0.39 is 20.0 Å². The van der Waals surface area contributed by atoms with E-state index in [2.05, 4.69) is 81.7 Å². The number of hydrogen-bond acceptors (Lipinski definition) is 6. The summed E-state index contributed by atoms with van der Waals surface area (Å²) in [4.78, 5) is 24.5. The highest BCUT2D eigenvalue weighted by Crippen LogP contribution is 2.34. The van der Waals surface area contributed by atoms with Crippen molar-refractivity contribution in [1.82, 2.24) is 0 Å². The van der Waals surface area contributed by atoms with Gasteiger partial charge >= 0.3 is 11.9 Å². The Morgan fingerprint density at radius 1 is 0.818 bits per heavy atom. The minimum absolute atomic E-state index is 0.0117. The van der Waals surface area contributed by atoms with Gasteiger partial charge in [0.15, 0.2) is 0 Å². The van der Waals surface area contributed by atoms with Crippen molar-refractivity contribution >= 4 is 25.2 Å². The van der Waals surface area contributed by atoms with E-state index in [1.165, 1.54) is 29.6 Å². The number of hydrogen-bond donors (Lipinski definition) is 0. The summed E-state index contributed by atoms with van der Waals surface area (Å²) in [6.07, 6.45) is 2.52. The quantitative estimate of drug-likeness (QED) is 0.0756.